The number of hydrogen-bond acceptors (Lipinski definition) is 0. The molecule has 0 unspecified atom stereocenters. The SMILES string of the molecule is CC(C)C1CC(F)(F)C1.CC(C)C1CCCC1. The fraction of sp³-hybridized carbons (Fsp3) is 1.00. The molecule has 0 nitrogen and oxygen atoms in total. The summed E-state index contributed by atoms with van der Waals surface area (Å²) in [6, 6.07) is 0. The molecule has 0 aromatic carbocycles. The zero-order chi connectivity index (χ0) is 13.1. The molecule has 17 heavy (non-hydrogen) atoms. The summed E-state index contributed by atoms with van der Waals surface area (Å²) in [6.45, 7) is 8.69. The van der Waals surface area contributed by atoms with Crippen molar-refractivity contribution in [3.8, 4) is 0 Å². The third kappa shape index (κ3) is 4.93. The Morgan fingerprint density at radius 2 is 1.24 bits per heavy atom. The van der Waals surface area contributed by atoms with E-state index in [1.807, 2.05) is 13.8 Å². The predicted octanol–water partition coefficient (Wildman–Crippen LogP) is 5.52. The third-order valence-electron chi connectivity index (χ3n) is 4.41. The van der Waals surface area contributed by atoms with E-state index in [1.54, 1.807) is 0 Å². The lowest BCUT2D eigenvalue weighted by atomic mass is 9.74. The van der Waals surface area contributed by atoms with Gasteiger partial charge in [-0.15, -0.1) is 0 Å². The van der Waals surface area contributed by atoms with Gasteiger partial charge in [0.2, 0.25) is 5.92 Å². The summed E-state index contributed by atoms with van der Waals surface area (Å²) in [5.74, 6) is 0.395. The van der Waals surface area contributed by atoms with E-state index in [0.717, 1.165) is 11.8 Å². The Hall–Kier alpha value is -0.140. The molecule has 2 rings (SSSR count). The first-order valence-corrected chi connectivity index (χ1v) is 7.19. The minimum atomic E-state index is -2.32. The van der Waals surface area contributed by atoms with Crippen LogP contribution in [0.2, 0.25) is 0 Å². The van der Waals surface area contributed by atoms with Crippen LogP contribution in [0.1, 0.15) is 66.2 Å². The zero-order valence-electron chi connectivity index (χ0n) is 11.8. The molecule has 0 aromatic rings. The summed E-state index contributed by atoms with van der Waals surface area (Å²) in [5.41, 5.74) is 0. The van der Waals surface area contributed by atoms with E-state index in [1.165, 1.54) is 25.7 Å². The highest BCUT2D eigenvalue weighted by Crippen LogP contribution is 2.45. The van der Waals surface area contributed by atoms with Gasteiger partial charge < -0.3 is 0 Å². The van der Waals surface area contributed by atoms with Gasteiger partial charge in [-0.2, -0.15) is 0 Å². The Kier molecular flexibility index (Phi) is 5.40. The van der Waals surface area contributed by atoms with Gasteiger partial charge in [0.25, 0.3) is 0 Å². The van der Waals surface area contributed by atoms with Crippen molar-refractivity contribution in [2.75, 3.05) is 0 Å². The van der Waals surface area contributed by atoms with Gasteiger partial charge in [-0.3, -0.25) is 0 Å². The monoisotopic (exact) mass is 246 g/mol. The van der Waals surface area contributed by atoms with Crippen LogP contribution in [0.4, 0.5) is 8.78 Å². The summed E-state index contributed by atoms with van der Waals surface area (Å²) < 4.78 is 24.3. The van der Waals surface area contributed by atoms with Crippen LogP contribution in [-0.2, 0) is 0 Å². The second-order valence-corrected chi connectivity index (χ2v) is 6.56. The number of alkyl halides is 2. The summed E-state index contributed by atoms with van der Waals surface area (Å²) in [6.07, 6.45) is 6.20. The maximum Gasteiger partial charge on any atom is 0.248 e. The molecule has 0 radical (unpaired) electrons. The minimum Gasteiger partial charge on any atom is -0.207 e. The Morgan fingerprint density at radius 1 is 0.824 bits per heavy atom. The molecule has 0 saturated heterocycles. The van der Waals surface area contributed by atoms with Crippen molar-refractivity contribution in [3.05, 3.63) is 0 Å². The van der Waals surface area contributed by atoms with Crippen molar-refractivity contribution in [2.45, 2.75) is 72.1 Å². The van der Waals surface area contributed by atoms with Crippen LogP contribution in [-0.4, -0.2) is 5.92 Å². The fourth-order valence-corrected chi connectivity index (χ4v) is 2.80. The second kappa shape index (κ2) is 6.15. The molecular weight excluding hydrogens is 218 g/mol. The fourth-order valence-electron chi connectivity index (χ4n) is 2.80. The smallest absolute Gasteiger partial charge is 0.207 e. The van der Waals surface area contributed by atoms with E-state index >= 15 is 0 Å². The molecule has 2 heteroatoms. The lowest BCUT2D eigenvalue weighted by molar-refractivity contribution is -0.122. The van der Waals surface area contributed by atoms with E-state index in [-0.39, 0.29) is 18.8 Å². The van der Waals surface area contributed by atoms with E-state index in [0.29, 0.717) is 5.92 Å². The summed E-state index contributed by atoms with van der Waals surface area (Å²) >= 11 is 0. The maximum absolute atomic E-state index is 12.1. The largest absolute Gasteiger partial charge is 0.248 e. The van der Waals surface area contributed by atoms with Crippen molar-refractivity contribution >= 4 is 0 Å². The third-order valence-corrected chi connectivity index (χ3v) is 4.41. The van der Waals surface area contributed by atoms with Gasteiger partial charge in [0.15, 0.2) is 0 Å². The van der Waals surface area contributed by atoms with E-state index in [2.05, 4.69) is 13.8 Å². The van der Waals surface area contributed by atoms with Gasteiger partial charge in [-0.25, -0.2) is 8.78 Å². The van der Waals surface area contributed by atoms with E-state index in [4.69, 9.17) is 0 Å². The number of rotatable bonds is 2. The lowest BCUT2D eigenvalue weighted by Crippen LogP contribution is -2.37. The Morgan fingerprint density at radius 3 is 1.41 bits per heavy atom. The van der Waals surface area contributed by atoms with Gasteiger partial charge >= 0.3 is 0 Å². The van der Waals surface area contributed by atoms with Crippen molar-refractivity contribution < 1.29 is 8.78 Å². The molecule has 2 aliphatic carbocycles. The quantitative estimate of drug-likeness (QED) is 0.601. The first-order chi connectivity index (χ1) is 7.82. The summed E-state index contributed by atoms with van der Waals surface area (Å²) in [5, 5.41) is 0. The van der Waals surface area contributed by atoms with Crippen molar-refractivity contribution in [1.29, 1.82) is 0 Å². The molecule has 0 aromatic heterocycles. The Labute approximate surface area is 105 Å². The molecule has 0 aliphatic heterocycles. The topological polar surface area (TPSA) is 0 Å². The van der Waals surface area contributed by atoms with Gasteiger partial charge in [0.05, 0.1) is 0 Å². The average Bonchev–Trinajstić information content (AvgIpc) is 2.67. The Bertz CT molecular complexity index is 207. The minimum absolute atomic E-state index is 0.116. The molecule has 2 fully saturated rings. The van der Waals surface area contributed by atoms with Gasteiger partial charge in [-0.1, -0.05) is 53.4 Å². The van der Waals surface area contributed by atoms with Crippen LogP contribution in [0.5, 0.6) is 0 Å². The molecule has 0 atom stereocenters. The van der Waals surface area contributed by atoms with E-state index < -0.39 is 5.92 Å². The second-order valence-electron chi connectivity index (χ2n) is 6.56. The molecule has 0 spiro atoms. The molecule has 0 heterocycles. The molecule has 2 saturated carbocycles. The summed E-state index contributed by atoms with van der Waals surface area (Å²) in [4.78, 5) is 0. The van der Waals surface area contributed by atoms with Crippen LogP contribution in [0.15, 0.2) is 0 Å². The Balaban J connectivity index is 0.000000171. The first kappa shape index (κ1) is 14.9. The summed E-state index contributed by atoms with van der Waals surface area (Å²) in [7, 11) is 0. The molecule has 2 aliphatic rings. The molecule has 102 valence electrons. The highest BCUT2D eigenvalue weighted by molar-refractivity contribution is 4.87. The van der Waals surface area contributed by atoms with Gasteiger partial charge in [0, 0.05) is 12.8 Å². The van der Waals surface area contributed by atoms with Gasteiger partial charge in [-0.05, 0) is 23.7 Å². The van der Waals surface area contributed by atoms with Crippen LogP contribution in [0, 0.1) is 23.7 Å². The standard InChI is InChI=1S/C8H16.C7H12F2/c1-7(2)8-5-3-4-6-8;1-5(2)6-3-7(8,9)4-6/h7-8H,3-6H2,1-2H3;5-6H,3-4H2,1-2H3. The molecular formula is C15H28F2. The lowest BCUT2D eigenvalue weighted by Gasteiger charge is -2.37. The van der Waals surface area contributed by atoms with Crippen LogP contribution < -0.4 is 0 Å². The predicted molar refractivity (Wildman–Crippen MR) is 69.3 cm³/mol. The average molecular weight is 246 g/mol. The van der Waals surface area contributed by atoms with Crippen molar-refractivity contribution in [2.24, 2.45) is 23.7 Å². The van der Waals surface area contributed by atoms with E-state index in [9.17, 15) is 8.78 Å². The first-order valence-electron chi connectivity index (χ1n) is 7.19. The van der Waals surface area contributed by atoms with Crippen LogP contribution in [0.25, 0.3) is 0 Å². The number of halogens is 2. The molecule has 0 N–H and O–H groups in total. The van der Waals surface area contributed by atoms with Crippen LogP contribution in [0.3, 0.4) is 0 Å². The highest BCUT2D eigenvalue weighted by atomic mass is 19.3. The molecule has 0 bridgehead atoms. The zero-order valence-corrected chi connectivity index (χ0v) is 11.8. The highest BCUT2D eigenvalue weighted by Gasteiger charge is 2.46. The normalized spacial score (nSPS) is 24.7. The number of hydrogen-bond donors (Lipinski definition) is 0. The van der Waals surface area contributed by atoms with Crippen molar-refractivity contribution in [3.63, 3.8) is 0 Å². The van der Waals surface area contributed by atoms with Crippen LogP contribution >= 0.6 is 0 Å². The van der Waals surface area contributed by atoms with Gasteiger partial charge in [0.1, 0.15) is 0 Å². The molecule has 0 amide bonds. The van der Waals surface area contributed by atoms with Crippen molar-refractivity contribution in [1.82, 2.24) is 0 Å². The maximum atomic E-state index is 12.1.